The molecule has 1 aliphatic heterocycles. The first-order chi connectivity index (χ1) is 9.79. The van der Waals surface area contributed by atoms with Gasteiger partial charge in [-0.25, -0.2) is 0 Å². The Hall–Kier alpha value is -1.06. The molecule has 0 radical (unpaired) electrons. The van der Waals surface area contributed by atoms with Crippen molar-refractivity contribution in [3.05, 3.63) is 28.3 Å². The molecule has 0 atom stereocenters. The van der Waals surface area contributed by atoms with Crippen LogP contribution in [0.25, 0.3) is 0 Å². The summed E-state index contributed by atoms with van der Waals surface area (Å²) in [6.45, 7) is 7.81. The third-order valence-corrected chi connectivity index (χ3v) is 4.83. The van der Waals surface area contributed by atoms with Gasteiger partial charge in [-0.05, 0) is 55.4 Å². The van der Waals surface area contributed by atoms with Gasteiger partial charge in [-0.1, -0.05) is 0 Å². The Balaban J connectivity index is 1.91. The maximum Gasteiger partial charge on any atom is 0.123 e. The summed E-state index contributed by atoms with van der Waals surface area (Å²) in [6, 6.07) is 2.30. The molecule has 0 bridgehead atoms. The maximum absolute atomic E-state index is 5.69. The zero-order valence-electron chi connectivity index (χ0n) is 12.8. The topological polar surface area (TPSA) is 24.5 Å². The summed E-state index contributed by atoms with van der Waals surface area (Å²) in [5, 5.41) is 3.42. The average molecular weight is 274 g/mol. The van der Waals surface area contributed by atoms with E-state index in [2.05, 4.69) is 23.2 Å². The Labute approximate surface area is 122 Å². The largest absolute Gasteiger partial charge is 0.496 e. The molecule has 1 N–H and O–H groups in total. The number of ether oxygens (including phenoxy) is 1. The van der Waals surface area contributed by atoms with E-state index in [0.29, 0.717) is 0 Å². The van der Waals surface area contributed by atoms with Crippen LogP contribution in [0.15, 0.2) is 6.07 Å². The summed E-state index contributed by atoms with van der Waals surface area (Å²) < 4.78 is 5.69. The van der Waals surface area contributed by atoms with Gasteiger partial charge in [0.25, 0.3) is 0 Å². The Morgan fingerprint density at radius 2 is 1.95 bits per heavy atom. The van der Waals surface area contributed by atoms with Crippen molar-refractivity contribution in [2.45, 2.75) is 39.2 Å². The Morgan fingerprint density at radius 3 is 2.70 bits per heavy atom. The summed E-state index contributed by atoms with van der Waals surface area (Å²) in [5.74, 6) is 1.10. The highest BCUT2D eigenvalue weighted by Gasteiger charge is 2.20. The number of piperazine rings is 1. The van der Waals surface area contributed by atoms with Crippen molar-refractivity contribution in [2.24, 2.45) is 0 Å². The van der Waals surface area contributed by atoms with Crippen LogP contribution >= 0.6 is 0 Å². The second-order valence-electron chi connectivity index (χ2n) is 6.05. The average Bonchev–Trinajstić information content (AvgIpc) is 2.51. The van der Waals surface area contributed by atoms with Crippen LogP contribution in [0, 0.1) is 6.92 Å². The normalized spacial score (nSPS) is 19.7. The van der Waals surface area contributed by atoms with Crippen LogP contribution in [0.1, 0.15) is 35.1 Å². The molecule has 1 aromatic carbocycles. The molecule has 0 amide bonds. The van der Waals surface area contributed by atoms with Gasteiger partial charge in [-0.3, -0.25) is 4.90 Å². The number of aryl methyl sites for hydroxylation is 1. The third-order valence-electron chi connectivity index (χ3n) is 4.83. The van der Waals surface area contributed by atoms with Gasteiger partial charge < -0.3 is 10.1 Å². The molecule has 0 saturated carbocycles. The lowest BCUT2D eigenvalue weighted by Gasteiger charge is -2.30. The summed E-state index contributed by atoms with van der Waals surface area (Å²) in [4.78, 5) is 2.54. The number of benzene rings is 1. The van der Waals surface area contributed by atoms with Gasteiger partial charge in [0.1, 0.15) is 5.75 Å². The molecular formula is C17H26N2O. The van der Waals surface area contributed by atoms with E-state index in [0.717, 1.165) is 38.5 Å². The molecule has 0 spiro atoms. The Bertz CT molecular complexity index is 478. The van der Waals surface area contributed by atoms with Gasteiger partial charge in [-0.2, -0.15) is 0 Å². The fourth-order valence-electron chi connectivity index (χ4n) is 3.60. The molecule has 3 heteroatoms. The lowest BCUT2D eigenvalue weighted by Crippen LogP contribution is -2.43. The number of nitrogens with one attached hydrogen (secondary N) is 1. The van der Waals surface area contributed by atoms with Gasteiger partial charge in [0.15, 0.2) is 0 Å². The van der Waals surface area contributed by atoms with E-state index in [1.807, 2.05) is 7.11 Å². The number of hydrogen-bond acceptors (Lipinski definition) is 3. The summed E-state index contributed by atoms with van der Waals surface area (Å²) in [5.41, 5.74) is 6.02. The SMILES string of the molecule is COc1cc2c(c(C)c1CN1CCNCC1)CCCC2. The van der Waals surface area contributed by atoms with Crippen molar-refractivity contribution < 1.29 is 4.74 Å². The first-order valence-electron chi connectivity index (χ1n) is 7.91. The second-order valence-corrected chi connectivity index (χ2v) is 6.05. The predicted octanol–water partition coefficient (Wildman–Crippen LogP) is 2.29. The molecule has 110 valence electrons. The predicted molar refractivity (Wildman–Crippen MR) is 82.5 cm³/mol. The lowest BCUT2D eigenvalue weighted by molar-refractivity contribution is 0.229. The fraction of sp³-hybridized carbons (Fsp3) is 0.647. The van der Waals surface area contributed by atoms with Crippen LogP contribution in [0.3, 0.4) is 0 Å². The second kappa shape index (κ2) is 6.15. The zero-order valence-corrected chi connectivity index (χ0v) is 12.8. The van der Waals surface area contributed by atoms with E-state index >= 15 is 0 Å². The highest BCUT2D eigenvalue weighted by atomic mass is 16.5. The molecule has 3 rings (SSSR count). The van der Waals surface area contributed by atoms with E-state index < -0.39 is 0 Å². The van der Waals surface area contributed by atoms with Crippen LogP contribution in [-0.2, 0) is 19.4 Å². The van der Waals surface area contributed by atoms with Gasteiger partial charge in [0.2, 0.25) is 0 Å². The van der Waals surface area contributed by atoms with E-state index in [1.165, 1.54) is 42.4 Å². The number of fused-ring (bicyclic) bond motifs is 1. The number of methoxy groups -OCH3 is 1. The molecule has 2 aliphatic rings. The van der Waals surface area contributed by atoms with Crippen molar-refractivity contribution in [3.63, 3.8) is 0 Å². The van der Waals surface area contributed by atoms with Gasteiger partial charge in [-0.15, -0.1) is 0 Å². The van der Waals surface area contributed by atoms with Crippen LogP contribution in [0.5, 0.6) is 5.75 Å². The standard InChI is InChI=1S/C17H26N2O/c1-13-15-6-4-3-5-14(15)11-17(20-2)16(13)12-19-9-7-18-8-10-19/h11,18H,3-10,12H2,1-2H3. The zero-order chi connectivity index (χ0) is 13.9. The van der Waals surface area contributed by atoms with Crippen LogP contribution in [0.4, 0.5) is 0 Å². The summed E-state index contributed by atoms with van der Waals surface area (Å²) >= 11 is 0. The number of hydrogen-bond donors (Lipinski definition) is 1. The minimum absolute atomic E-state index is 1.03. The maximum atomic E-state index is 5.69. The van der Waals surface area contributed by atoms with Gasteiger partial charge >= 0.3 is 0 Å². The Morgan fingerprint density at radius 1 is 1.20 bits per heavy atom. The van der Waals surface area contributed by atoms with Crippen molar-refractivity contribution in [1.29, 1.82) is 0 Å². The van der Waals surface area contributed by atoms with E-state index in [-0.39, 0.29) is 0 Å². The summed E-state index contributed by atoms with van der Waals surface area (Å²) in [7, 11) is 1.81. The fourth-order valence-corrected chi connectivity index (χ4v) is 3.60. The molecule has 20 heavy (non-hydrogen) atoms. The quantitative estimate of drug-likeness (QED) is 0.915. The Kier molecular flexibility index (Phi) is 4.27. The molecular weight excluding hydrogens is 248 g/mol. The highest BCUT2D eigenvalue weighted by molar-refractivity contribution is 5.50. The summed E-state index contributed by atoms with van der Waals surface area (Å²) in [6.07, 6.45) is 5.14. The van der Waals surface area contributed by atoms with E-state index in [4.69, 9.17) is 4.74 Å². The molecule has 1 saturated heterocycles. The van der Waals surface area contributed by atoms with Crippen molar-refractivity contribution in [3.8, 4) is 5.75 Å². The molecule has 1 aromatic rings. The molecule has 1 heterocycles. The van der Waals surface area contributed by atoms with Crippen LogP contribution in [-0.4, -0.2) is 38.2 Å². The smallest absolute Gasteiger partial charge is 0.123 e. The first-order valence-corrected chi connectivity index (χ1v) is 7.91. The highest BCUT2D eigenvalue weighted by Crippen LogP contribution is 2.33. The van der Waals surface area contributed by atoms with Crippen LogP contribution in [0.2, 0.25) is 0 Å². The minimum Gasteiger partial charge on any atom is -0.496 e. The van der Waals surface area contributed by atoms with E-state index in [9.17, 15) is 0 Å². The lowest BCUT2D eigenvalue weighted by atomic mass is 9.86. The molecule has 1 aliphatic carbocycles. The van der Waals surface area contributed by atoms with Gasteiger partial charge in [0.05, 0.1) is 7.11 Å². The number of nitrogens with zero attached hydrogens (tertiary/aromatic N) is 1. The molecule has 3 nitrogen and oxygen atoms in total. The molecule has 0 aromatic heterocycles. The monoisotopic (exact) mass is 274 g/mol. The minimum atomic E-state index is 1.03. The van der Waals surface area contributed by atoms with E-state index in [1.54, 1.807) is 5.56 Å². The molecule has 1 fully saturated rings. The van der Waals surface area contributed by atoms with Crippen LogP contribution < -0.4 is 10.1 Å². The third kappa shape index (κ3) is 2.70. The van der Waals surface area contributed by atoms with Crippen molar-refractivity contribution in [1.82, 2.24) is 10.2 Å². The molecule has 0 unspecified atom stereocenters. The number of rotatable bonds is 3. The van der Waals surface area contributed by atoms with Crippen molar-refractivity contribution >= 4 is 0 Å². The first kappa shape index (κ1) is 13.9. The van der Waals surface area contributed by atoms with Crippen molar-refractivity contribution in [2.75, 3.05) is 33.3 Å². The van der Waals surface area contributed by atoms with Gasteiger partial charge in [0, 0.05) is 38.3 Å².